The van der Waals surface area contributed by atoms with Gasteiger partial charge in [-0.2, -0.15) is 0 Å². The van der Waals surface area contributed by atoms with E-state index in [-0.39, 0.29) is 0 Å². The van der Waals surface area contributed by atoms with Crippen molar-refractivity contribution >= 4 is 0 Å². The van der Waals surface area contributed by atoms with Crippen LogP contribution in [0.25, 0.3) is 0 Å². The van der Waals surface area contributed by atoms with E-state index in [2.05, 4.69) is 19.2 Å². The fourth-order valence-electron chi connectivity index (χ4n) is 1.43. The Hall–Kier alpha value is -0.120. The lowest BCUT2D eigenvalue weighted by Crippen LogP contribution is -2.44. The van der Waals surface area contributed by atoms with E-state index < -0.39 is 5.60 Å². The van der Waals surface area contributed by atoms with Crippen LogP contribution in [0.3, 0.4) is 0 Å². The first-order chi connectivity index (χ1) is 6.54. The van der Waals surface area contributed by atoms with Gasteiger partial charge in [-0.3, -0.25) is 0 Å². The van der Waals surface area contributed by atoms with Crippen molar-refractivity contribution in [1.29, 1.82) is 0 Å². The predicted octanol–water partition coefficient (Wildman–Crippen LogP) is 1.41. The Morgan fingerprint density at radius 1 is 1.50 bits per heavy atom. The summed E-state index contributed by atoms with van der Waals surface area (Å²) in [6, 6.07) is 0. The first-order valence-corrected chi connectivity index (χ1v) is 5.46. The van der Waals surface area contributed by atoms with E-state index >= 15 is 0 Å². The number of nitrogens with one attached hydrogen (secondary N) is 1. The van der Waals surface area contributed by atoms with Crippen LogP contribution in [0.2, 0.25) is 0 Å². The Morgan fingerprint density at radius 2 is 2.14 bits per heavy atom. The summed E-state index contributed by atoms with van der Waals surface area (Å²) in [5.41, 5.74) is -0.607. The van der Waals surface area contributed by atoms with Gasteiger partial charge in [0.2, 0.25) is 0 Å². The Morgan fingerprint density at radius 3 is 2.64 bits per heavy atom. The molecule has 0 aromatic rings. The Labute approximate surface area is 87.8 Å². The first-order valence-electron chi connectivity index (χ1n) is 5.46. The molecule has 2 atom stereocenters. The molecule has 3 nitrogen and oxygen atoms in total. The molecule has 0 amide bonds. The number of aliphatic hydroxyl groups is 1. The van der Waals surface area contributed by atoms with Gasteiger partial charge in [0.05, 0.1) is 12.2 Å². The first kappa shape index (κ1) is 13.9. The van der Waals surface area contributed by atoms with Gasteiger partial charge in [0, 0.05) is 20.2 Å². The Balaban J connectivity index is 3.69. The summed E-state index contributed by atoms with van der Waals surface area (Å²) in [5.74, 6) is 0.336. The molecule has 2 unspecified atom stereocenters. The van der Waals surface area contributed by atoms with Gasteiger partial charge in [0.15, 0.2) is 0 Å². The second kappa shape index (κ2) is 7.21. The number of methoxy groups -OCH3 is 1. The molecule has 0 aliphatic carbocycles. The van der Waals surface area contributed by atoms with Crippen LogP contribution in [0.4, 0.5) is 0 Å². The van der Waals surface area contributed by atoms with Crippen molar-refractivity contribution in [3.05, 3.63) is 0 Å². The van der Waals surface area contributed by atoms with Crippen molar-refractivity contribution in [3.63, 3.8) is 0 Å². The summed E-state index contributed by atoms with van der Waals surface area (Å²) in [7, 11) is 1.68. The SMILES string of the molecule is CCCC(C)C(C)(O)CNCCOC. The van der Waals surface area contributed by atoms with E-state index in [1.807, 2.05) is 6.92 Å². The third-order valence-electron chi connectivity index (χ3n) is 2.75. The lowest BCUT2D eigenvalue weighted by atomic mass is 9.87. The van der Waals surface area contributed by atoms with Crippen LogP contribution < -0.4 is 5.32 Å². The maximum atomic E-state index is 10.1. The zero-order chi connectivity index (χ0) is 11.0. The molecule has 0 bridgehead atoms. The van der Waals surface area contributed by atoms with Gasteiger partial charge < -0.3 is 15.2 Å². The predicted molar refractivity (Wildman–Crippen MR) is 59.4 cm³/mol. The van der Waals surface area contributed by atoms with Gasteiger partial charge in [-0.25, -0.2) is 0 Å². The number of ether oxygens (including phenoxy) is 1. The minimum Gasteiger partial charge on any atom is -0.389 e. The molecule has 0 spiro atoms. The average Bonchev–Trinajstić information content (AvgIpc) is 2.13. The molecule has 0 saturated carbocycles. The Bertz CT molecular complexity index is 137. The molecule has 0 aliphatic heterocycles. The Kier molecular flexibility index (Phi) is 7.15. The van der Waals surface area contributed by atoms with Crippen LogP contribution in [0.5, 0.6) is 0 Å². The molecule has 0 aliphatic rings. The van der Waals surface area contributed by atoms with Crippen molar-refractivity contribution in [3.8, 4) is 0 Å². The van der Waals surface area contributed by atoms with E-state index in [4.69, 9.17) is 4.74 Å². The van der Waals surface area contributed by atoms with Crippen molar-refractivity contribution in [2.45, 2.75) is 39.2 Å². The molecular weight excluding hydrogens is 178 g/mol. The third kappa shape index (κ3) is 5.58. The molecule has 0 rings (SSSR count). The molecule has 0 radical (unpaired) electrons. The topological polar surface area (TPSA) is 41.5 Å². The van der Waals surface area contributed by atoms with Crippen LogP contribution in [-0.4, -0.2) is 37.5 Å². The maximum Gasteiger partial charge on any atom is 0.0768 e. The average molecular weight is 203 g/mol. The summed E-state index contributed by atoms with van der Waals surface area (Å²) in [6.45, 7) is 8.26. The highest BCUT2D eigenvalue weighted by Crippen LogP contribution is 2.20. The molecule has 86 valence electrons. The zero-order valence-corrected chi connectivity index (χ0v) is 9.97. The molecule has 14 heavy (non-hydrogen) atoms. The molecule has 0 saturated heterocycles. The number of rotatable bonds is 8. The van der Waals surface area contributed by atoms with E-state index in [0.717, 1.165) is 19.4 Å². The molecular formula is C11H25NO2. The number of hydrogen-bond acceptors (Lipinski definition) is 3. The molecule has 3 heteroatoms. The van der Waals surface area contributed by atoms with E-state index in [1.165, 1.54) is 0 Å². The van der Waals surface area contributed by atoms with Crippen LogP contribution in [-0.2, 0) is 4.74 Å². The smallest absolute Gasteiger partial charge is 0.0768 e. The fourth-order valence-corrected chi connectivity index (χ4v) is 1.43. The standard InChI is InChI=1S/C11H25NO2/c1-5-6-10(2)11(3,13)9-12-7-8-14-4/h10,12-13H,5-9H2,1-4H3. The molecule has 2 N–H and O–H groups in total. The lowest BCUT2D eigenvalue weighted by Gasteiger charge is -2.30. The second-order valence-corrected chi connectivity index (χ2v) is 4.22. The van der Waals surface area contributed by atoms with E-state index in [9.17, 15) is 5.11 Å². The van der Waals surface area contributed by atoms with Crippen molar-refractivity contribution < 1.29 is 9.84 Å². The third-order valence-corrected chi connectivity index (χ3v) is 2.75. The van der Waals surface area contributed by atoms with Crippen LogP contribution in [0.15, 0.2) is 0 Å². The highest BCUT2D eigenvalue weighted by Gasteiger charge is 2.26. The van der Waals surface area contributed by atoms with Crippen molar-refractivity contribution in [2.75, 3.05) is 26.8 Å². The van der Waals surface area contributed by atoms with Gasteiger partial charge in [-0.1, -0.05) is 20.3 Å². The molecule has 0 aromatic heterocycles. The summed E-state index contributed by atoms with van der Waals surface area (Å²) < 4.78 is 4.92. The molecule has 0 aromatic carbocycles. The monoisotopic (exact) mass is 203 g/mol. The van der Waals surface area contributed by atoms with Gasteiger partial charge in [0.25, 0.3) is 0 Å². The van der Waals surface area contributed by atoms with Gasteiger partial charge in [-0.15, -0.1) is 0 Å². The largest absolute Gasteiger partial charge is 0.389 e. The fraction of sp³-hybridized carbons (Fsp3) is 1.00. The van der Waals surface area contributed by atoms with E-state index in [1.54, 1.807) is 7.11 Å². The summed E-state index contributed by atoms with van der Waals surface area (Å²) in [6.07, 6.45) is 2.19. The van der Waals surface area contributed by atoms with Gasteiger partial charge in [0.1, 0.15) is 0 Å². The minimum atomic E-state index is -0.607. The van der Waals surface area contributed by atoms with Crippen LogP contribution >= 0.6 is 0 Å². The minimum absolute atomic E-state index is 0.336. The second-order valence-electron chi connectivity index (χ2n) is 4.22. The molecule has 0 heterocycles. The van der Waals surface area contributed by atoms with Crippen molar-refractivity contribution in [1.82, 2.24) is 5.32 Å². The van der Waals surface area contributed by atoms with Crippen LogP contribution in [0.1, 0.15) is 33.6 Å². The number of hydrogen-bond donors (Lipinski definition) is 2. The highest BCUT2D eigenvalue weighted by atomic mass is 16.5. The maximum absolute atomic E-state index is 10.1. The van der Waals surface area contributed by atoms with E-state index in [0.29, 0.717) is 19.1 Å². The normalized spacial score (nSPS) is 17.8. The van der Waals surface area contributed by atoms with Crippen molar-refractivity contribution in [2.24, 2.45) is 5.92 Å². The quantitative estimate of drug-likeness (QED) is 0.586. The highest BCUT2D eigenvalue weighted by molar-refractivity contribution is 4.81. The molecule has 0 fully saturated rings. The van der Waals surface area contributed by atoms with Gasteiger partial charge >= 0.3 is 0 Å². The summed E-state index contributed by atoms with van der Waals surface area (Å²) in [4.78, 5) is 0. The summed E-state index contributed by atoms with van der Waals surface area (Å²) >= 11 is 0. The van der Waals surface area contributed by atoms with Crippen LogP contribution in [0, 0.1) is 5.92 Å². The lowest BCUT2D eigenvalue weighted by molar-refractivity contribution is 0.00253. The zero-order valence-electron chi connectivity index (χ0n) is 9.97. The van der Waals surface area contributed by atoms with Gasteiger partial charge in [-0.05, 0) is 19.3 Å². The summed E-state index contributed by atoms with van der Waals surface area (Å²) in [5, 5.41) is 13.3.